The zero-order valence-electron chi connectivity index (χ0n) is 14.8. The molecule has 0 fully saturated rings. The van der Waals surface area contributed by atoms with Gasteiger partial charge in [-0.15, -0.1) is 0 Å². The molecule has 0 radical (unpaired) electrons. The average molecular weight is 394 g/mol. The number of carbonyl (C=O) groups excluding carboxylic acids is 1. The van der Waals surface area contributed by atoms with Crippen molar-refractivity contribution in [3.63, 3.8) is 0 Å². The third-order valence-electron chi connectivity index (χ3n) is 3.74. The number of amides is 1. The largest absolute Gasteiger partial charge is 0.529 e. The molecule has 0 aliphatic carbocycles. The summed E-state index contributed by atoms with van der Waals surface area (Å²) in [5.41, 5.74) is -2.09. The van der Waals surface area contributed by atoms with Gasteiger partial charge in [0.25, 0.3) is 0 Å². The van der Waals surface area contributed by atoms with Crippen molar-refractivity contribution in [3.8, 4) is 0 Å². The van der Waals surface area contributed by atoms with Gasteiger partial charge in [-0.1, -0.05) is 60.7 Å². The van der Waals surface area contributed by atoms with Gasteiger partial charge in [-0.25, -0.2) is 12.7 Å². The highest BCUT2D eigenvalue weighted by atomic mass is 32.2. The van der Waals surface area contributed by atoms with Gasteiger partial charge in [-0.05, 0) is 20.8 Å². The van der Waals surface area contributed by atoms with Gasteiger partial charge in [0.05, 0.1) is 0 Å². The van der Waals surface area contributed by atoms with Crippen LogP contribution in [0.15, 0.2) is 60.7 Å². The number of hydrogen-bond donors (Lipinski definition) is 0. The molecule has 26 heavy (non-hydrogen) atoms. The molecule has 0 heterocycles. The number of sulfonamides is 1. The van der Waals surface area contributed by atoms with Crippen LogP contribution < -0.4 is 15.7 Å². The van der Waals surface area contributed by atoms with Crippen molar-refractivity contribution >= 4 is 33.9 Å². The maximum absolute atomic E-state index is 13.9. The standard InChI is InChI=1S/C18H22NO5PS/c1-18(2,3)19(17(20)21)26(23,24)14-25(22,15-10-6-4-7-11-15)16-12-8-5-9-13-16/h4-13H,14H2,1-3H3,(H,20,21)/p-1. The van der Waals surface area contributed by atoms with Crippen LogP contribution in [0.5, 0.6) is 0 Å². The highest BCUT2D eigenvalue weighted by Crippen LogP contribution is 2.45. The van der Waals surface area contributed by atoms with Gasteiger partial charge in [-0.3, -0.25) is 0 Å². The molecule has 0 spiro atoms. The predicted molar refractivity (Wildman–Crippen MR) is 101 cm³/mol. The Bertz CT molecular complexity index is 878. The third-order valence-corrected chi connectivity index (χ3v) is 10.0. The molecule has 0 bridgehead atoms. The van der Waals surface area contributed by atoms with Gasteiger partial charge in [0.1, 0.15) is 5.49 Å². The van der Waals surface area contributed by atoms with Crippen molar-refractivity contribution in [2.75, 3.05) is 5.49 Å². The van der Waals surface area contributed by atoms with Crippen LogP contribution in [-0.2, 0) is 14.6 Å². The van der Waals surface area contributed by atoms with Crippen LogP contribution in [0, 0.1) is 0 Å². The van der Waals surface area contributed by atoms with Crippen LogP contribution in [0.3, 0.4) is 0 Å². The summed E-state index contributed by atoms with van der Waals surface area (Å²) in [6.07, 6.45) is -1.84. The van der Waals surface area contributed by atoms with Crippen LogP contribution in [0.1, 0.15) is 20.8 Å². The summed E-state index contributed by atoms with van der Waals surface area (Å²) in [5.74, 6) is 0. The number of hydrogen-bond acceptors (Lipinski definition) is 5. The van der Waals surface area contributed by atoms with E-state index in [9.17, 15) is 22.9 Å². The molecular formula is C18H21NO5PS-. The molecule has 0 aromatic heterocycles. The minimum absolute atomic E-state index is 0.276. The zero-order valence-corrected chi connectivity index (χ0v) is 16.5. The van der Waals surface area contributed by atoms with Gasteiger partial charge in [0, 0.05) is 16.1 Å². The fraction of sp³-hybridized carbons (Fsp3) is 0.278. The van der Waals surface area contributed by atoms with Gasteiger partial charge < -0.3 is 14.5 Å². The summed E-state index contributed by atoms with van der Waals surface area (Å²) in [6.45, 7) is 4.32. The first-order chi connectivity index (χ1) is 12.0. The van der Waals surface area contributed by atoms with Crippen LogP contribution in [0.25, 0.3) is 0 Å². The fourth-order valence-electron chi connectivity index (χ4n) is 2.73. The molecule has 2 rings (SSSR count). The summed E-state index contributed by atoms with van der Waals surface area (Å²) in [7, 11) is -8.05. The fourth-order valence-corrected chi connectivity index (χ4v) is 8.89. The number of nitrogens with zero attached hydrogens (tertiary/aromatic N) is 1. The summed E-state index contributed by atoms with van der Waals surface area (Å²) in [4.78, 5) is 11.5. The van der Waals surface area contributed by atoms with Crippen LogP contribution in [0.2, 0.25) is 0 Å². The molecule has 0 N–H and O–H groups in total. The van der Waals surface area contributed by atoms with E-state index in [4.69, 9.17) is 0 Å². The van der Waals surface area contributed by atoms with Crippen molar-refractivity contribution in [1.82, 2.24) is 4.31 Å². The van der Waals surface area contributed by atoms with E-state index >= 15 is 0 Å². The lowest BCUT2D eigenvalue weighted by Crippen LogP contribution is -2.55. The Morgan fingerprint density at radius 3 is 1.65 bits per heavy atom. The molecule has 0 saturated heterocycles. The smallest absolute Gasteiger partial charge is 0.244 e. The van der Waals surface area contributed by atoms with E-state index in [1.807, 2.05) is 0 Å². The first-order valence-electron chi connectivity index (χ1n) is 7.93. The monoisotopic (exact) mass is 394 g/mol. The summed E-state index contributed by atoms with van der Waals surface area (Å²) in [5, 5.41) is 12.2. The lowest BCUT2D eigenvalue weighted by atomic mass is 10.1. The molecule has 0 atom stereocenters. The summed E-state index contributed by atoms with van der Waals surface area (Å²) < 4.78 is 40.0. The van der Waals surface area contributed by atoms with Crippen molar-refractivity contribution < 1.29 is 22.9 Å². The second kappa shape index (κ2) is 7.25. The molecule has 1 amide bonds. The lowest BCUT2D eigenvalue weighted by molar-refractivity contribution is -0.262. The van der Waals surface area contributed by atoms with Crippen molar-refractivity contribution in [1.29, 1.82) is 0 Å². The third kappa shape index (κ3) is 4.17. The van der Waals surface area contributed by atoms with Crippen LogP contribution >= 0.6 is 7.14 Å². The average Bonchev–Trinajstić information content (AvgIpc) is 2.53. The van der Waals surface area contributed by atoms with Crippen LogP contribution in [0.4, 0.5) is 4.79 Å². The molecule has 140 valence electrons. The van der Waals surface area contributed by atoms with Crippen LogP contribution in [-0.4, -0.2) is 29.8 Å². The van der Waals surface area contributed by atoms with E-state index in [-0.39, 0.29) is 4.31 Å². The summed E-state index contributed by atoms with van der Waals surface area (Å²) >= 11 is 0. The second-order valence-corrected chi connectivity index (χ2v) is 11.9. The van der Waals surface area contributed by atoms with Crippen molar-refractivity contribution in [3.05, 3.63) is 60.7 Å². The molecule has 0 unspecified atom stereocenters. The Labute approximate surface area is 153 Å². The molecule has 0 aliphatic rings. The van der Waals surface area contributed by atoms with E-state index in [1.54, 1.807) is 60.7 Å². The predicted octanol–water partition coefficient (Wildman–Crippen LogP) is 1.73. The first-order valence-corrected chi connectivity index (χ1v) is 11.4. The van der Waals surface area contributed by atoms with E-state index in [0.717, 1.165) is 0 Å². The highest BCUT2D eigenvalue weighted by Gasteiger charge is 2.40. The number of benzene rings is 2. The number of rotatable bonds is 5. The van der Waals surface area contributed by atoms with Gasteiger partial charge >= 0.3 is 0 Å². The number of carboxylic acid groups (broad SMARTS) is 1. The second-order valence-electron chi connectivity index (χ2n) is 6.85. The Hall–Kier alpha value is -2.11. The van der Waals surface area contributed by atoms with E-state index in [2.05, 4.69) is 0 Å². The molecule has 0 aliphatic heterocycles. The van der Waals surface area contributed by atoms with Gasteiger partial charge in [0.15, 0.2) is 13.2 Å². The normalized spacial score (nSPS) is 12.6. The minimum atomic E-state index is -4.43. The van der Waals surface area contributed by atoms with E-state index in [1.165, 1.54) is 20.8 Å². The molecule has 2 aromatic carbocycles. The topological polar surface area (TPSA) is 94.6 Å². The maximum atomic E-state index is 13.9. The van der Waals surface area contributed by atoms with Gasteiger partial charge in [0.2, 0.25) is 10.0 Å². The van der Waals surface area contributed by atoms with Crippen molar-refractivity contribution in [2.45, 2.75) is 26.3 Å². The Balaban J connectivity index is 2.62. The van der Waals surface area contributed by atoms with E-state index < -0.39 is 34.3 Å². The highest BCUT2D eigenvalue weighted by molar-refractivity contribution is 8.01. The van der Waals surface area contributed by atoms with Crippen molar-refractivity contribution in [2.24, 2.45) is 0 Å². The lowest BCUT2D eigenvalue weighted by Gasteiger charge is -2.37. The Morgan fingerprint density at radius 2 is 1.35 bits per heavy atom. The summed E-state index contributed by atoms with van der Waals surface area (Å²) in [6, 6.07) is 16.5. The molecule has 2 aromatic rings. The quantitative estimate of drug-likeness (QED) is 0.720. The number of carbonyl (C=O) groups is 1. The molecule has 0 saturated carbocycles. The molecular weight excluding hydrogens is 373 g/mol. The van der Waals surface area contributed by atoms with E-state index in [0.29, 0.717) is 10.6 Å². The maximum Gasteiger partial charge on any atom is 0.244 e. The zero-order chi connectivity index (χ0) is 19.6. The first kappa shape index (κ1) is 20.2. The minimum Gasteiger partial charge on any atom is -0.529 e. The molecule has 8 heteroatoms. The Morgan fingerprint density at radius 1 is 0.962 bits per heavy atom. The van der Waals surface area contributed by atoms with Gasteiger partial charge in [-0.2, -0.15) is 0 Å². The molecule has 6 nitrogen and oxygen atoms in total. The SMILES string of the molecule is CC(C)(C)N(C(=O)[O-])S(=O)(=O)CP(=O)(c1ccccc1)c1ccccc1. The Kier molecular flexibility index (Phi) is 5.64.